The standard InChI is InChI=1S/C10H13F3O/c1-5-7(2)8(3)6-9(4)14-10(11,12)13/h5-6H,4H2,1-3H3/b7-5-,8-6-. The molecule has 0 aliphatic rings. The Morgan fingerprint density at radius 1 is 1.21 bits per heavy atom. The molecule has 0 spiro atoms. The summed E-state index contributed by atoms with van der Waals surface area (Å²) in [6.45, 7) is 8.45. The number of halogens is 3. The molecule has 0 saturated carbocycles. The summed E-state index contributed by atoms with van der Waals surface area (Å²) < 4.78 is 38.7. The third-order valence-corrected chi connectivity index (χ3v) is 1.68. The molecule has 0 rings (SSSR count). The first kappa shape index (κ1) is 12.8. The third-order valence-electron chi connectivity index (χ3n) is 1.68. The summed E-state index contributed by atoms with van der Waals surface area (Å²) in [7, 11) is 0. The first-order valence-electron chi connectivity index (χ1n) is 4.02. The van der Waals surface area contributed by atoms with Gasteiger partial charge in [-0.3, -0.25) is 0 Å². The zero-order valence-electron chi connectivity index (χ0n) is 8.40. The van der Waals surface area contributed by atoms with Crippen LogP contribution in [-0.4, -0.2) is 6.36 Å². The number of rotatable bonds is 3. The van der Waals surface area contributed by atoms with Crippen molar-refractivity contribution >= 4 is 0 Å². The van der Waals surface area contributed by atoms with Crippen molar-refractivity contribution in [3.63, 3.8) is 0 Å². The molecule has 1 nitrogen and oxygen atoms in total. The van der Waals surface area contributed by atoms with E-state index in [1.54, 1.807) is 26.8 Å². The van der Waals surface area contributed by atoms with Crippen molar-refractivity contribution in [2.24, 2.45) is 0 Å². The summed E-state index contributed by atoms with van der Waals surface area (Å²) in [5.74, 6) is -0.406. The molecular weight excluding hydrogens is 193 g/mol. The molecule has 4 heteroatoms. The lowest BCUT2D eigenvalue weighted by Crippen LogP contribution is -2.11. The molecule has 0 saturated heterocycles. The fourth-order valence-electron chi connectivity index (χ4n) is 0.761. The summed E-state index contributed by atoms with van der Waals surface area (Å²) in [5.41, 5.74) is 1.58. The third kappa shape index (κ3) is 5.45. The second-order valence-corrected chi connectivity index (χ2v) is 2.81. The van der Waals surface area contributed by atoms with Gasteiger partial charge in [-0.05, 0) is 32.4 Å². The van der Waals surface area contributed by atoms with Crippen molar-refractivity contribution in [3.05, 3.63) is 35.6 Å². The fourth-order valence-corrected chi connectivity index (χ4v) is 0.761. The van der Waals surface area contributed by atoms with Crippen molar-refractivity contribution in [1.82, 2.24) is 0 Å². The quantitative estimate of drug-likeness (QED) is 0.501. The van der Waals surface area contributed by atoms with Gasteiger partial charge in [0.15, 0.2) is 0 Å². The van der Waals surface area contributed by atoms with Crippen LogP contribution in [0.3, 0.4) is 0 Å². The number of hydrogen-bond donors (Lipinski definition) is 0. The molecule has 0 bridgehead atoms. The van der Waals surface area contributed by atoms with Gasteiger partial charge in [-0.2, -0.15) is 0 Å². The second kappa shape index (κ2) is 4.88. The van der Waals surface area contributed by atoms with Gasteiger partial charge in [-0.15, -0.1) is 13.2 Å². The van der Waals surface area contributed by atoms with E-state index in [0.29, 0.717) is 5.57 Å². The van der Waals surface area contributed by atoms with E-state index in [4.69, 9.17) is 0 Å². The summed E-state index contributed by atoms with van der Waals surface area (Å²) >= 11 is 0. The Labute approximate surface area is 81.6 Å². The molecule has 0 aromatic carbocycles. The Balaban J connectivity index is 4.46. The Kier molecular flexibility index (Phi) is 4.47. The smallest absolute Gasteiger partial charge is 0.406 e. The van der Waals surface area contributed by atoms with Crippen LogP contribution in [0, 0.1) is 0 Å². The Morgan fingerprint density at radius 3 is 2.07 bits per heavy atom. The van der Waals surface area contributed by atoms with E-state index in [-0.39, 0.29) is 0 Å². The van der Waals surface area contributed by atoms with Gasteiger partial charge < -0.3 is 4.74 Å². The maximum absolute atomic E-state index is 11.7. The number of alkyl halides is 3. The maximum Gasteiger partial charge on any atom is 0.573 e. The highest BCUT2D eigenvalue weighted by Gasteiger charge is 2.30. The van der Waals surface area contributed by atoms with E-state index in [2.05, 4.69) is 11.3 Å². The maximum atomic E-state index is 11.7. The lowest BCUT2D eigenvalue weighted by Gasteiger charge is -2.09. The molecule has 0 atom stereocenters. The molecule has 0 heterocycles. The Morgan fingerprint density at radius 2 is 1.71 bits per heavy atom. The van der Waals surface area contributed by atoms with E-state index in [1.807, 2.05) is 0 Å². The molecule has 80 valence electrons. The van der Waals surface area contributed by atoms with Gasteiger partial charge in [0.25, 0.3) is 0 Å². The van der Waals surface area contributed by atoms with Crippen molar-refractivity contribution < 1.29 is 17.9 Å². The van der Waals surface area contributed by atoms with Gasteiger partial charge in [0, 0.05) is 0 Å². The molecule has 0 unspecified atom stereocenters. The summed E-state index contributed by atoms with van der Waals surface area (Å²) in [4.78, 5) is 0. The van der Waals surface area contributed by atoms with Crippen LogP contribution in [0.1, 0.15) is 20.8 Å². The first-order chi connectivity index (χ1) is 6.26. The molecule has 0 fully saturated rings. The van der Waals surface area contributed by atoms with Gasteiger partial charge >= 0.3 is 6.36 Å². The van der Waals surface area contributed by atoms with E-state index in [1.165, 1.54) is 6.08 Å². The number of hydrogen-bond acceptors (Lipinski definition) is 1. The lowest BCUT2D eigenvalue weighted by molar-refractivity contribution is -0.303. The summed E-state index contributed by atoms with van der Waals surface area (Å²) in [6, 6.07) is 0. The van der Waals surface area contributed by atoms with Crippen LogP contribution in [-0.2, 0) is 4.74 Å². The predicted molar refractivity (Wildman–Crippen MR) is 49.5 cm³/mol. The predicted octanol–water partition coefficient (Wildman–Crippen LogP) is 3.95. The van der Waals surface area contributed by atoms with E-state index >= 15 is 0 Å². The molecular formula is C10H13F3O. The van der Waals surface area contributed by atoms with E-state index in [9.17, 15) is 13.2 Å². The van der Waals surface area contributed by atoms with Crippen LogP contribution in [0.25, 0.3) is 0 Å². The Bertz CT molecular complexity index is 272. The van der Waals surface area contributed by atoms with Crippen LogP contribution in [0.5, 0.6) is 0 Å². The average molecular weight is 206 g/mol. The van der Waals surface area contributed by atoms with Gasteiger partial charge in [0.05, 0.1) is 0 Å². The second-order valence-electron chi connectivity index (χ2n) is 2.81. The minimum atomic E-state index is -4.67. The Hall–Kier alpha value is -1.19. The van der Waals surface area contributed by atoms with E-state index in [0.717, 1.165) is 5.57 Å². The number of ether oxygens (including phenoxy) is 1. The van der Waals surface area contributed by atoms with Gasteiger partial charge in [0.1, 0.15) is 5.76 Å². The molecule has 0 aromatic heterocycles. The fraction of sp³-hybridized carbons (Fsp3) is 0.400. The minimum absolute atomic E-state index is 0.406. The van der Waals surface area contributed by atoms with Crippen LogP contribution in [0.4, 0.5) is 13.2 Å². The van der Waals surface area contributed by atoms with Gasteiger partial charge in [-0.1, -0.05) is 18.2 Å². The first-order valence-corrected chi connectivity index (χ1v) is 4.02. The number of allylic oxidation sites excluding steroid dienone is 4. The highest BCUT2D eigenvalue weighted by atomic mass is 19.4. The van der Waals surface area contributed by atoms with Crippen LogP contribution >= 0.6 is 0 Å². The summed E-state index contributed by atoms with van der Waals surface area (Å²) in [5, 5.41) is 0. The van der Waals surface area contributed by atoms with Crippen LogP contribution in [0.15, 0.2) is 35.6 Å². The highest BCUT2D eigenvalue weighted by molar-refractivity contribution is 5.31. The van der Waals surface area contributed by atoms with Crippen LogP contribution < -0.4 is 0 Å². The normalized spacial score (nSPS) is 14.1. The monoisotopic (exact) mass is 206 g/mol. The topological polar surface area (TPSA) is 9.23 Å². The van der Waals surface area contributed by atoms with Crippen molar-refractivity contribution in [1.29, 1.82) is 0 Å². The molecule has 0 amide bonds. The molecule has 0 N–H and O–H groups in total. The average Bonchev–Trinajstić information content (AvgIpc) is 1.99. The van der Waals surface area contributed by atoms with Crippen molar-refractivity contribution in [2.45, 2.75) is 27.1 Å². The zero-order valence-corrected chi connectivity index (χ0v) is 8.40. The van der Waals surface area contributed by atoms with Crippen LogP contribution in [0.2, 0.25) is 0 Å². The molecule has 0 aliphatic carbocycles. The molecule has 0 aliphatic heterocycles. The minimum Gasteiger partial charge on any atom is -0.406 e. The summed E-state index contributed by atoms with van der Waals surface area (Å²) in [6.07, 6.45) is -1.62. The van der Waals surface area contributed by atoms with Gasteiger partial charge in [0.2, 0.25) is 0 Å². The molecule has 0 radical (unpaired) electrons. The van der Waals surface area contributed by atoms with Crippen molar-refractivity contribution in [3.8, 4) is 0 Å². The zero-order chi connectivity index (χ0) is 11.4. The molecule has 14 heavy (non-hydrogen) atoms. The van der Waals surface area contributed by atoms with Gasteiger partial charge in [-0.25, -0.2) is 0 Å². The lowest BCUT2D eigenvalue weighted by atomic mass is 10.1. The van der Waals surface area contributed by atoms with E-state index < -0.39 is 12.1 Å². The van der Waals surface area contributed by atoms with Crippen molar-refractivity contribution in [2.75, 3.05) is 0 Å². The highest BCUT2D eigenvalue weighted by Crippen LogP contribution is 2.21. The SMILES string of the molecule is C=C(/C=C(C)\C(C)=C/C)OC(F)(F)F. The molecule has 0 aromatic rings. The largest absolute Gasteiger partial charge is 0.573 e.